The summed E-state index contributed by atoms with van der Waals surface area (Å²) in [6, 6.07) is 6.65. The van der Waals surface area contributed by atoms with Crippen molar-refractivity contribution >= 4 is 28.2 Å². The van der Waals surface area contributed by atoms with Crippen LogP contribution in [0.1, 0.15) is 40.5 Å². The zero-order valence-electron chi connectivity index (χ0n) is 12.0. The highest BCUT2D eigenvalue weighted by atomic mass is 32.1. The van der Waals surface area contributed by atoms with Gasteiger partial charge in [-0.15, -0.1) is 11.3 Å². The van der Waals surface area contributed by atoms with E-state index in [1.54, 1.807) is 24.3 Å². The van der Waals surface area contributed by atoms with Gasteiger partial charge in [0.25, 0.3) is 11.8 Å². The van der Waals surface area contributed by atoms with E-state index in [0.29, 0.717) is 22.3 Å². The summed E-state index contributed by atoms with van der Waals surface area (Å²) >= 11 is 1.24. The van der Waals surface area contributed by atoms with Gasteiger partial charge in [-0.05, 0) is 36.6 Å². The Kier molecular flexibility index (Phi) is 5.16. The van der Waals surface area contributed by atoms with Crippen molar-refractivity contribution in [1.29, 1.82) is 0 Å². The molecule has 0 bridgehead atoms. The maximum Gasteiger partial charge on any atom is 0.291 e. The normalized spacial score (nSPS) is 10.6. The molecular formula is C15H18N2O3S. The van der Waals surface area contributed by atoms with Gasteiger partial charge >= 0.3 is 0 Å². The van der Waals surface area contributed by atoms with Crippen molar-refractivity contribution < 1.29 is 14.0 Å². The molecule has 2 rings (SSSR count). The van der Waals surface area contributed by atoms with Gasteiger partial charge in [-0.1, -0.05) is 13.8 Å². The molecule has 0 saturated heterocycles. The Labute approximate surface area is 127 Å². The highest BCUT2D eigenvalue weighted by molar-refractivity contribution is 7.18. The van der Waals surface area contributed by atoms with Crippen molar-refractivity contribution in [1.82, 2.24) is 5.32 Å². The molecule has 0 saturated carbocycles. The average Bonchev–Trinajstić information content (AvgIpc) is 3.09. The molecule has 0 fully saturated rings. The Balaban J connectivity index is 1.89. The van der Waals surface area contributed by atoms with E-state index in [4.69, 9.17) is 4.42 Å². The van der Waals surface area contributed by atoms with E-state index in [2.05, 4.69) is 24.5 Å². The monoisotopic (exact) mass is 306 g/mol. The molecule has 0 spiro atoms. The van der Waals surface area contributed by atoms with Crippen LogP contribution in [0.2, 0.25) is 0 Å². The summed E-state index contributed by atoms with van der Waals surface area (Å²) in [6.07, 6.45) is 2.39. The number of rotatable bonds is 6. The molecule has 0 atom stereocenters. The van der Waals surface area contributed by atoms with Crippen molar-refractivity contribution in [2.75, 3.05) is 11.9 Å². The van der Waals surface area contributed by atoms with E-state index in [9.17, 15) is 9.59 Å². The molecule has 0 unspecified atom stereocenters. The number of carbonyl (C=O) groups excluding carboxylic acids is 2. The fourth-order valence-corrected chi connectivity index (χ4v) is 2.49. The maximum atomic E-state index is 11.9. The van der Waals surface area contributed by atoms with E-state index in [1.165, 1.54) is 17.6 Å². The zero-order valence-corrected chi connectivity index (χ0v) is 12.8. The lowest BCUT2D eigenvalue weighted by Crippen LogP contribution is -2.24. The molecule has 0 aliphatic rings. The third kappa shape index (κ3) is 4.46. The van der Waals surface area contributed by atoms with Crippen LogP contribution in [0.25, 0.3) is 0 Å². The van der Waals surface area contributed by atoms with Gasteiger partial charge in [-0.2, -0.15) is 0 Å². The van der Waals surface area contributed by atoms with Crippen molar-refractivity contribution in [3.63, 3.8) is 0 Å². The fraction of sp³-hybridized carbons (Fsp3) is 0.333. The Morgan fingerprint density at radius 2 is 2.05 bits per heavy atom. The third-order valence-corrected chi connectivity index (χ3v) is 3.82. The molecule has 5 nitrogen and oxygen atoms in total. The summed E-state index contributed by atoms with van der Waals surface area (Å²) < 4.78 is 5.01. The number of furan rings is 1. The summed E-state index contributed by atoms with van der Waals surface area (Å²) in [5, 5.41) is 6.18. The van der Waals surface area contributed by atoms with Crippen molar-refractivity contribution in [2.45, 2.75) is 20.3 Å². The van der Waals surface area contributed by atoms with Crippen LogP contribution in [0.3, 0.4) is 0 Å². The molecule has 2 aromatic heterocycles. The number of nitrogens with one attached hydrogen (secondary N) is 2. The van der Waals surface area contributed by atoms with E-state index < -0.39 is 0 Å². The molecule has 2 N–H and O–H groups in total. The highest BCUT2D eigenvalue weighted by Gasteiger charge is 2.13. The summed E-state index contributed by atoms with van der Waals surface area (Å²) in [7, 11) is 0. The molecule has 112 valence electrons. The second-order valence-electron chi connectivity index (χ2n) is 5.03. The predicted molar refractivity (Wildman–Crippen MR) is 82.8 cm³/mol. The molecule has 2 heterocycles. The smallest absolute Gasteiger partial charge is 0.291 e. The number of amides is 2. The third-order valence-electron chi connectivity index (χ3n) is 2.82. The number of thiophene rings is 1. The van der Waals surface area contributed by atoms with Gasteiger partial charge in [0, 0.05) is 6.54 Å². The van der Waals surface area contributed by atoms with E-state index in [1.807, 2.05) is 0 Å². The fourth-order valence-electron chi connectivity index (χ4n) is 1.67. The van der Waals surface area contributed by atoms with Crippen LogP contribution < -0.4 is 10.6 Å². The standard InChI is InChI=1S/C15H18N2O3S/c1-10(2)7-8-16-15(19)12-5-6-13(21-12)17-14(18)11-4-3-9-20-11/h3-6,9-10H,7-8H2,1-2H3,(H,16,19)(H,17,18). The topological polar surface area (TPSA) is 71.3 Å². The minimum absolute atomic E-state index is 0.112. The van der Waals surface area contributed by atoms with Gasteiger partial charge in [-0.3, -0.25) is 9.59 Å². The molecular weight excluding hydrogens is 288 g/mol. The number of hydrogen-bond donors (Lipinski definition) is 2. The summed E-state index contributed by atoms with van der Waals surface area (Å²) in [5.74, 6) is 0.357. The lowest BCUT2D eigenvalue weighted by atomic mass is 10.1. The molecule has 6 heteroatoms. The Morgan fingerprint density at radius 1 is 1.24 bits per heavy atom. The first kappa shape index (κ1) is 15.3. The lowest BCUT2D eigenvalue weighted by molar-refractivity contribution is 0.0954. The van der Waals surface area contributed by atoms with Crippen molar-refractivity contribution in [3.05, 3.63) is 41.2 Å². The van der Waals surface area contributed by atoms with Crippen LogP contribution in [-0.4, -0.2) is 18.4 Å². The number of hydrogen-bond acceptors (Lipinski definition) is 4. The largest absolute Gasteiger partial charge is 0.459 e. The Hall–Kier alpha value is -2.08. The molecule has 0 aliphatic heterocycles. The van der Waals surface area contributed by atoms with Crippen molar-refractivity contribution in [3.8, 4) is 0 Å². The van der Waals surface area contributed by atoms with Crippen LogP contribution in [0.4, 0.5) is 5.00 Å². The highest BCUT2D eigenvalue weighted by Crippen LogP contribution is 2.22. The molecule has 0 aliphatic carbocycles. The Morgan fingerprint density at radius 3 is 2.71 bits per heavy atom. The van der Waals surface area contributed by atoms with Gasteiger partial charge in [0.1, 0.15) is 0 Å². The first-order valence-electron chi connectivity index (χ1n) is 6.79. The predicted octanol–water partition coefficient (Wildman–Crippen LogP) is 3.37. The van der Waals surface area contributed by atoms with E-state index in [0.717, 1.165) is 6.42 Å². The van der Waals surface area contributed by atoms with Crippen LogP contribution in [0.5, 0.6) is 0 Å². The second kappa shape index (κ2) is 7.08. The Bertz CT molecular complexity index is 602. The summed E-state index contributed by atoms with van der Waals surface area (Å²) in [6.45, 7) is 4.88. The molecule has 2 aromatic rings. The first-order chi connectivity index (χ1) is 10.1. The van der Waals surface area contributed by atoms with Gasteiger partial charge in [-0.25, -0.2) is 0 Å². The van der Waals surface area contributed by atoms with Gasteiger partial charge in [0.2, 0.25) is 0 Å². The maximum absolute atomic E-state index is 11.9. The van der Waals surface area contributed by atoms with Crippen LogP contribution in [0.15, 0.2) is 34.9 Å². The first-order valence-corrected chi connectivity index (χ1v) is 7.61. The average molecular weight is 306 g/mol. The second-order valence-corrected chi connectivity index (χ2v) is 6.12. The van der Waals surface area contributed by atoms with Crippen molar-refractivity contribution in [2.24, 2.45) is 5.92 Å². The summed E-state index contributed by atoms with van der Waals surface area (Å²) in [4.78, 5) is 24.3. The van der Waals surface area contributed by atoms with Crippen LogP contribution in [0, 0.1) is 5.92 Å². The molecule has 2 amide bonds. The van der Waals surface area contributed by atoms with E-state index in [-0.39, 0.29) is 17.6 Å². The minimum Gasteiger partial charge on any atom is -0.459 e. The minimum atomic E-state index is -0.325. The lowest BCUT2D eigenvalue weighted by Gasteiger charge is -2.05. The molecule has 0 radical (unpaired) electrons. The number of anilines is 1. The number of carbonyl (C=O) groups is 2. The van der Waals surface area contributed by atoms with Gasteiger partial charge in [0.15, 0.2) is 5.76 Å². The van der Waals surface area contributed by atoms with Gasteiger partial charge in [0.05, 0.1) is 16.1 Å². The van der Waals surface area contributed by atoms with Crippen LogP contribution in [-0.2, 0) is 0 Å². The molecule has 0 aromatic carbocycles. The zero-order chi connectivity index (χ0) is 15.2. The SMILES string of the molecule is CC(C)CCNC(=O)c1ccc(NC(=O)c2ccco2)s1. The van der Waals surface area contributed by atoms with Gasteiger partial charge < -0.3 is 15.1 Å². The van der Waals surface area contributed by atoms with Crippen LogP contribution >= 0.6 is 11.3 Å². The quantitative estimate of drug-likeness (QED) is 0.859. The molecule has 21 heavy (non-hydrogen) atoms. The summed E-state index contributed by atoms with van der Waals surface area (Å²) in [5.41, 5.74) is 0. The van der Waals surface area contributed by atoms with E-state index >= 15 is 0 Å².